The summed E-state index contributed by atoms with van der Waals surface area (Å²) in [5.41, 5.74) is 2.74. The van der Waals surface area contributed by atoms with E-state index in [2.05, 4.69) is 19.9 Å². The van der Waals surface area contributed by atoms with Crippen molar-refractivity contribution in [2.24, 2.45) is 0 Å². The van der Waals surface area contributed by atoms with Gasteiger partial charge in [-0.3, -0.25) is 5.10 Å². The lowest BCUT2D eigenvalue weighted by Crippen LogP contribution is -2.39. The van der Waals surface area contributed by atoms with Crippen molar-refractivity contribution in [1.29, 1.82) is 0 Å². The molecule has 0 fully saturated rings. The van der Waals surface area contributed by atoms with E-state index >= 15 is 0 Å². The molecule has 2 aromatic heterocycles. The number of rotatable bonds is 3. The average molecular weight is 364 g/mol. The Labute approximate surface area is 142 Å². The maximum absolute atomic E-state index is 13.8. The number of fused-ring (bicyclic) bond motifs is 3. The van der Waals surface area contributed by atoms with E-state index in [0.717, 1.165) is 28.6 Å². The molecule has 1 aliphatic carbocycles. The number of H-pyrrole nitrogens is 1. The Kier molecular flexibility index (Phi) is 3.77. The molecule has 1 aliphatic rings. The number of pyridine rings is 1. The molecule has 0 radical (unpaired) electrons. The van der Waals surface area contributed by atoms with Crippen molar-refractivity contribution in [3.63, 3.8) is 0 Å². The quantitative estimate of drug-likeness (QED) is 0.745. The van der Waals surface area contributed by atoms with Gasteiger partial charge in [0, 0.05) is 23.7 Å². The highest BCUT2D eigenvalue weighted by Gasteiger charge is 2.27. The number of nitrogens with zero attached hydrogens (tertiary/aromatic N) is 2. The molecule has 9 heteroatoms. The fraction of sp³-hybridized carbons (Fsp3) is 0.250. The van der Waals surface area contributed by atoms with Crippen molar-refractivity contribution >= 4 is 21.1 Å². The molecule has 0 bridgehead atoms. The van der Waals surface area contributed by atoms with Gasteiger partial charge in [-0.15, -0.1) is 0 Å². The largest absolute Gasteiger partial charge is 0.261 e. The fourth-order valence-electron chi connectivity index (χ4n) is 3.23. The van der Waals surface area contributed by atoms with Gasteiger partial charge in [-0.1, -0.05) is 0 Å². The molecular weight excluding hydrogens is 350 g/mol. The van der Waals surface area contributed by atoms with E-state index in [1.807, 2.05) is 0 Å². The van der Waals surface area contributed by atoms with E-state index in [9.17, 15) is 17.2 Å². The lowest BCUT2D eigenvalue weighted by Gasteiger charge is -2.25. The number of nitrogens with one attached hydrogen (secondary N) is 2. The van der Waals surface area contributed by atoms with Crippen LogP contribution >= 0.6 is 0 Å². The molecule has 1 unspecified atom stereocenters. The first-order valence-corrected chi connectivity index (χ1v) is 9.19. The second-order valence-corrected chi connectivity index (χ2v) is 7.71. The van der Waals surface area contributed by atoms with Gasteiger partial charge in [0.15, 0.2) is 5.65 Å². The summed E-state index contributed by atoms with van der Waals surface area (Å²) in [6.07, 6.45) is 5.09. The zero-order valence-corrected chi connectivity index (χ0v) is 13.8. The maximum Gasteiger partial charge on any atom is 0.243 e. The van der Waals surface area contributed by atoms with Gasteiger partial charge in [0.1, 0.15) is 16.5 Å². The van der Waals surface area contributed by atoms with Crippen molar-refractivity contribution in [3.8, 4) is 0 Å². The van der Waals surface area contributed by atoms with Crippen LogP contribution in [0.5, 0.6) is 0 Å². The van der Waals surface area contributed by atoms with Crippen LogP contribution in [-0.4, -0.2) is 29.6 Å². The zero-order valence-electron chi connectivity index (χ0n) is 13.0. The molecular formula is C16H14F2N4O2S. The summed E-state index contributed by atoms with van der Waals surface area (Å²) in [6, 6.07) is 2.03. The minimum atomic E-state index is -4.07. The van der Waals surface area contributed by atoms with Gasteiger partial charge in [0.05, 0.1) is 6.20 Å². The van der Waals surface area contributed by atoms with Gasteiger partial charge in [-0.25, -0.2) is 26.9 Å². The topological polar surface area (TPSA) is 87.7 Å². The molecule has 0 saturated carbocycles. The van der Waals surface area contributed by atoms with Crippen LogP contribution in [0.1, 0.15) is 17.5 Å². The molecule has 0 saturated heterocycles. The van der Waals surface area contributed by atoms with Crippen molar-refractivity contribution in [2.75, 3.05) is 0 Å². The van der Waals surface area contributed by atoms with Crippen molar-refractivity contribution < 1.29 is 17.2 Å². The third-order valence-electron chi connectivity index (χ3n) is 4.40. The Balaban J connectivity index is 1.59. The molecule has 0 aliphatic heterocycles. The highest BCUT2D eigenvalue weighted by atomic mass is 32.2. The second kappa shape index (κ2) is 5.85. The standard InChI is InChI=1S/C16H14F2N4O2S/c17-10-1-4-15(14(18)6-10)25(23,24)22-11-2-3-12-9(5-11)7-19-16-13(12)8-20-21-16/h1,4,6-8,11,22H,2-3,5H2,(H,19,20,21). The third kappa shape index (κ3) is 2.89. The summed E-state index contributed by atoms with van der Waals surface area (Å²) in [5.74, 6) is -1.93. The number of aromatic nitrogens is 3. The Morgan fingerprint density at radius 3 is 2.88 bits per heavy atom. The van der Waals surface area contributed by atoms with Crippen LogP contribution in [0.3, 0.4) is 0 Å². The molecule has 2 heterocycles. The highest BCUT2D eigenvalue weighted by Crippen LogP contribution is 2.27. The van der Waals surface area contributed by atoms with Crippen LogP contribution in [0.15, 0.2) is 35.5 Å². The van der Waals surface area contributed by atoms with E-state index in [1.54, 1.807) is 12.4 Å². The summed E-state index contributed by atoms with van der Waals surface area (Å²) in [5, 5.41) is 7.71. The lowest BCUT2D eigenvalue weighted by molar-refractivity contribution is 0.500. The fourth-order valence-corrected chi connectivity index (χ4v) is 4.56. The molecule has 130 valence electrons. The SMILES string of the molecule is O=S(=O)(NC1CCc2c(cnc3[nH]ncc23)C1)c1ccc(F)cc1F. The second-order valence-electron chi connectivity index (χ2n) is 6.03. The molecule has 25 heavy (non-hydrogen) atoms. The van der Waals surface area contributed by atoms with E-state index in [4.69, 9.17) is 0 Å². The Bertz CT molecular complexity index is 1070. The number of hydrogen-bond donors (Lipinski definition) is 2. The molecule has 4 rings (SSSR count). The summed E-state index contributed by atoms with van der Waals surface area (Å²) in [7, 11) is -4.07. The zero-order chi connectivity index (χ0) is 17.6. The molecule has 2 N–H and O–H groups in total. The van der Waals surface area contributed by atoms with E-state index < -0.39 is 26.6 Å². The van der Waals surface area contributed by atoms with Gasteiger partial charge in [-0.2, -0.15) is 5.10 Å². The number of aromatic amines is 1. The minimum Gasteiger partial charge on any atom is -0.261 e. The van der Waals surface area contributed by atoms with Crippen molar-refractivity contribution in [2.45, 2.75) is 30.2 Å². The predicted octanol–water partition coefficient (Wildman–Crippen LogP) is 2.07. The van der Waals surface area contributed by atoms with Crippen LogP contribution in [0.2, 0.25) is 0 Å². The van der Waals surface area contributed by atoms with Crippen molar-refractivity contribution in [1.82, 2.24) is 19.9 Å². The smallest absolute Gasteiger partial charge is 0.243 e. The van der Waals surface area contributed by atoms with Crippen LogP contribution in [0.4, 0.5) is 8.78 Å². The van der Waals surface area contributed by atoms with Gasteiger partial charge < -0.3 is 0 Å². The van der Waals surface area contributed by atoms with E-state index in [-0.39, 0.29) is 6.04 Å². The Hall–Kier alpha value is -2.39. The van der Waals surface area contributed by atoms with Crippen molar-refractivity contribution in [3.05, 3.63) is 53.4 Å². The predicted molar refractivity (Wildman–Crippen MR) is 86.4 cm³/mol. The van der Waals surface area contributed by atoms with E-state index in [0.29, 0.717) is 31.0 Å². The van der Waals surface area contributed by atoms with Gasteiger partial charge >= 0.3 is 0 Å². The van der Waals surface area contributed by atoms with Crippen LogP contribution in [0, 0.1) is 11.6 Å². The number of aryl methyl sites for hydroxylation is 1. The molecule has 3 aromatic rings. The summed E-state index contributed by atoms with van der Waals surface area (Å²) in [6.45, 7) is 0. The molecule has 1 atom stereocenters. The van der Waals surface area contributed by atoms with Crippen LogP contribution in [-0.2, 0) is 22.9 Å². The van der Waals surface area contributed by atoms with Gasteiger partial charge in [0.25, 0.3) is 0 Å². The highest BCUT2D eigenvalue weighted by molar-refractivity contribution is 7.89. The first kappa shape index (κ1) is 16.1. The summed E-state index contributed by atoms with van der Waals surface area (Å²) in [4.78, 5) is 3.72. The van der Waals surface area contributed by atoms with Gasteiger partial charge in [-0.05, 0) is 42.5 Å². The number of hydrogen-bond acceptors (Lipinski definition) is 4. The molecule has 0 spiro atoms. The third-order valence-corrected chi connectivity index (χ3v) is 5.95. The Morgan fingerprint density at radius 2 is 2.08 bits per heavy atom. The van der Waals surface area contributed by atoms with Crippen LogP contribution in [0.25, 0.3) is 11.0 Å². The lowest BCUT2D eigenvalue weighted by atomic mass is 9.88. The number of benzene rings is 1. The minimum absolute atomic E-state index is 0.381. The maximum atomic E-state index is 13.8. The van der Waals surface area contributed by atoms with Gasteiger partial charge in [0.2, 0.25) is 10.0 Å². The number of halogens is 2. The number of sulfonamides is 1. The van der Waals surface area contributed by atoms with Crippen LogP contribution < -0.4 is 4.72 Å². The molecule has 6 nitrogen and oxygen atoms in total. The molecule has 1 aromatic carbocycles. The Morgan fingerprint density at radius 1 is 1.24 bits per heavy atom. The average Bonchev–Trinajstić information content (AvgIpc) is 3.02. The van der Waals surface area contributed by atoms with E-state index in [1.165, 1.54) is 0 Å². The first-order chi connectivity index (χ1) is 11.9. The monoisotopic (exact) mass is 364 g/mol. The normalized spacial score (nSPS) is 17.6. The summed E-state index contributed by atoms with van der Waals surface area (Å²) >= 11 is 0. The summed E-state index contributed by atoms with van der Waals surface area (Å²) < 4.78 is 54.1. The first-order valence-electron chi connectivity index (χ1n) is 7.71. The molecule has 0 amide bonds.